The molecule has 3 nitrogen and oxygen atoms in total. The summed E-state index contributed by atoms with van der Waals surface area (Å²) in [4.78, 5) is 13.0. The minimum Gasteiger partial charge on any atom is -0.444 e. The molecule has 1 amide bonds. The van der Waals surface area contributed by atoms with Gasteiger partial charge in [-0.25, -0.2) is 4.79 Å². The molecule has 3 heteroatoms. The van der Waals surface area contributed by atoms with Crippen molar-refractivity contribution < 1.29 is 9.53 Å². The quantitative estimate of drug-likeness (QED) is 0.679. The van der Waals surface area contributed by atoms with Gasteiger partial charge in [0, 0.05) is 13.6 Å². The summed E-state index contributed by atoms with van der Waals surface area (Å²) in [6, 6.07) is 0. The lowest BCUT2D eigenvalue weighted by molar-refractivity contribution is 0.0297. The minimum absolute atomic E-state index is 0.235. The molecule has 0 unspecified atom stereocenters. The van der Waals surface area contributed by atoms with Crippen molar-refractivity contribution in [3.05, 3.63) is 0 Å². The van der Waals surface area contributed by atoms with Crippen LogP contribution in [0.4, 0.5) is 4.79 Å². The van der Waals surface area contributed by atoms with Crippen LogP contribution in [-0.4, -0.2) is 30.2 Å². The number of unbranched alkanes of at least 4 members (excludes halogenated alkanes) is 1. The molecule has 13 heavy (non-hydrogen) atoms. The molecule has 0 N–H and O–H groups in total. The maximum Gasteiger partial charge on any atom is 0.410 e. The van der Waals surface area contributed by atoms with Gasteiger partial charge in [-0.2, -0.15) is 0 Å². The van der Waals surface area contributed by atoms with Crippen LogP contribution in [0.3, 0.4) is 0 Å². The molecule has 0 aromatic carbocycles. The predicted octanol–water partition coefficient (Wildman–Crippen LogP) is 2.65. The van der Waals surface area contributed by atoms with Crippen LogP contribution in [-0.2, 0) is 4.74 Å². The van der Waals surface area contributed by atoms with Gasteiger partial charge in [0.2, 0.25) is 0 Å². The molecule has 0 rings (SSSR count). The highest BCUT2D eigenvalue weighted by Gasteiger charge is 2.18. The Morgan fingerprint density at radius 1 is 1.38 bits per heavy atom. The summed E-state index contributed by atoms with van der Waals surface area (Å²) in [6.45, 7) is 8.49. The number of ether oxygens (including phenoxy) is 1. The second kappa shape index (κ2) is 5.10. The largest absolute Gasteiger partial charge is 0.444 e. The average Bonchev–Trinajstić information content (AvgIpc) is 1.96. The first-order chi connectivity index (χ1) is 5.87. The summed E-state index contributed by atoms with van der Waals surface area (Å²) in [6.07, 6.45) is 1.88. The van der Waals surface area contributed by atoms with Gasteiger partial charge in [0.1, 0.15) is 5.60 Å². The fraction of sp³-hybridized carbons (Fsp3) is 0.900. The Kier molecular flexibility index (Phi) is 4.81. The fourth-order valence-corrected chi connectivity index (χ4v) is 0.826. The molecule has 0 atom stereocenters. The van der Waals surface area contributed by atoms with Crippen molar-refractivity contribution in [3.63, 3.8) is 0 Å². The maximum absolute atomic E-state index is 11.4. The molecule has 0 saturated heterocycles. The molecule has 78 valence electrons. The molecular weight excluding hydrogens is 166 g/mol. The SMILES string of the molecule is CCCCN(C)C(=O)OC(C)(C)C. The van der Waals surface area contributed by atoms with E-state index in [9.17, 15) is 4.79 Å². The molecule has 0 aliphatic heterocycles. The van der Waals surface area contributed by atoms with E-state index in [4.69, 9.17) is 4.74 Å². The van der Waals surface area contributed by atoms with E-state index in [-0.39, 0.29) is 6.09 Å². The normalized spacial score (nSPS) is 11.2. The number of carbonyl (C=O) groups excluding carboxylic acids is 1. The molecule has 0 aromatic rings. The van der Waals surface area contributed by atoms with Gasteiger partial charge in [-0.1, -0.05) is 13.3 Å². The Labute approximate surface area is 81.1 Å². The molecule has 0 aliphatic carbocycles. The highest BCUT2D eigenvalue weighted by atomic mass is 16.6. The van der Waals surface area contributed by atoms with Gasteiger partial charge in [-0.3, -0.25) is 0 Å². The first-order valence-corrected chi connectivity index (χ1v) is 4.81. The second-order valence-electron chi connectivity index (χ2n) is 4.26. The molecule has 0 bridgehead atoms. The Hall–Kier alpha value is -0.730. The molecule has 0 aliphatic rings. The van der Waals surface area contributed by atoms with E-state index in [1.165, 1.54) is 0 Å². The topological polar surface area (TPSA) is 29.5 Å². The lowest BCUT2D eigenvalue weighted by Crippen LogP contribution is -2.34. The van der Waals surface area contributed by atoms with E-state index in [1.54, 1.807) is 11.9 Å². The lowest BCUT2D eigenvalue weighted by Gasteiger charge is -2.24. The smallest absolute Gasteiger partial charge is 0.410 e. The van der Waals surface area contributed by atoms with Crippen molar-refractivity contribution in [2.45, 2.75) is 46.1 Å². The predicted molar refractivity (Wildman–Crippen MR) is 53.8 cm³/mol. The standard InChI is InChI=1S/C10H21NO2/c1-6-7-8-11(5)9(12)13-10(2,3)4/h6-8H2,1-5H3. The molecular formula is C10H21NO2. The number of rotatable bonds is 3. The molecule has 0 saturated carbocycles. The van der Waals surface area contributed by atoms with Crippen LogP contribution in [0.15, 0.2) is 0 Å². The van der Waals surface area contributed by atoms with Gasteiger partial charge in [-0.05, 0) is 27.2 Å². The first kappa shape index (κ1) is 12.3. The van der Waals surface area contributed by atoms with Crippen LogP contribution in [0, 0.1) is 0 Å². The first-order valence-electron chi connectivity index (χ1n) is 4.81. The third kappa shape index (κ3) is 6.43. The molecule has 0 spiro atoms. The number of hydrogen-bond acceptors (Lipinski definition) is 2. The summed E-state index contributed by atoms with van der Waals surface area (Å²) in [7, 11) is 1.77. The maximum atomic E-state index is 11.4. The Bertz CT molecular complexity index is 161. The van der Waals surface area contributed by atoms with Crippen LogP contribution in [0.2, 0.25) is 0 Å². The monoisotopic (exact) mass is 187 g/mol. The van der Waals surface area contributed by atoms with Gasteiger partial charge in [0.25, 0.3) is 0 Å². The van der Waals surface area contributed by atoms with Crippen molar-refractivity contribution in [1.82, 2.24) is 4.90 Å². The van der Waals surface area contributed by atoms with Gasteiger partial charge >= 0.3 is 6.09 Å². The second-order valence-corrected chi connectivity index (χ2v) is 4.26. The summed E-state index contributed by atoms with van der Waals surface area (Å²) >= 11 is 0. The van der Waals surface area contributed by atoms with E-state index < -0.39 is 5.60 Å². The number of hydrogen-bond donors (Lipinski definition) is 0. The van der Waals surface area contributed by atoms with Gasteiger partial charge in [-0.15, -0.1) is 0 Å². The number of carbonyl (C=O) groups is 1. The van der Waals surface area contributed by atoms with Gasteiger partial charge in [0.15, 0.2) is 0 Å². The zero-order valence-electron chi connectivity index (χ0n) is 9.39. The highest BCUT2D eigenvalue weighted by molar-refractivity contribution is 5.67. The lowest BCUT2D eigenvalue weighted by atomic mass is 10.2. The summed E-state index contributed by atoms with van der Waals surface area (Å²) in [5.74, 6) is 0. The van der Waals surface area contributed by atoms with Crippen LogP contribution in [0.1, 0.15) is 40.5 Å². The summed E-state index contributed by atoms with van der Waals surface area (Å²) in [5, 5.41) is 0. The average molecular weight is 187 g/mol. The van der Waals surface area contributed by atoms with Crippen molar-refractivity contribution in [3.8, 4) is 0 Å². The van der Waals surface area contributed by atoms with E-state index in [2.05, 4.69) is 6.92 Å². The third-order valence-electron chi connectivity index (χ3n) is 1.55. The van der Waals surface area contributed by atoms with Crippen molar-refractivity contribution >= 4 is 6.09 Å². The van der Waals surface area contributed by atoms with Gasteiger partial charge in [0.05, 0.1) is 0 Å². The van der Waals surface area contributed by atoms with E-state index in [1.807, 2.05) is 20.8 Å². The molecule has 0 heterocycles. The highest BCUT2D eigenvalue weighted by Crippen LogP contribution is 2.09. The van der Waals surface area contributed by atoms with E-state index in [0.29, 0.717) is 0 Å². The van der Waals surface area contributed by atoms with Crippen molar-refractivity contribution in [2.75, 3.05) is 13.6 Å². The fourth-order valence-electron chi connectivity index (χ4n) is 0.826. The van der Waals surface area contributed by atoms with Crippen LogP contribution in [0.5, 0.6) is 0 Å². The zero-order valence-corrected chi connectivity index (χ0v) is 9.39. The van der Waals surface area contributed by atoms with E-state index >= 15 is 0 Å². The van der Waals surface area contributed by atoms with E-state index in [0.717, 1.165) is 19.4 Å². The Morgan fingerprint density at radius 2 is 1.92 bits per heavy atom. The Balaban J connectivity index is 3.83. The molecule has 0 aromatic heterocycles. The van der Waals surface area contributed by atoms with Crippen LogP contribution >= 0.6 is 0 Å². The van der Waals surface area contributed by atoms with Gasteiger partial charge < -0.3 is 9.64 Å². The summed E-state index contributed by atoms with van der Waals surface area (Å²) < 4.78 is 5.18. The van der Waals surface area contributed by atoms with Crippen molar-refractivity contribution in [2.24, 2.45) is 0 Å². The third-order valence-corrected chi connectivity index (χ3v) is 1.55. The number of amides is 1. The minimum atomic E-state index is -0.391. The summed E-state index contributed by atoms with van der Waals surface area (Å²) in [5.41, 5.74) is -0.391. The molecule has 0 fully saturated rings. The van der Waals surface area contributed by atoms with Crippen LogP contribution < -0.4 is 0 Å². The molecule has 0 radical (unpaired) electrons. The number of nitrogens with zero attached hydrogens (tertiary/aromatic N) is 1. The van der Waals surface area contributed by atoms with Crippen LogP contribution in [0.25, 0.3) is 0 Å². The van der Waals surface area contributed by atoms with Crippen molar-refractivity contribution in [1.29, 1.82) is 0 Å². The Morgan fingerprint density at radius 3 is 2.31 bits per heavy atom. The zero-order chi connectivity index (χ0) is 10.5.